The van der Waals surface area contributed by atoms with Gasteiger partial charge >= 0.3 is 0 Å². The van der Waals surface area contributed by atoms with E-state index in [1.165, 1.54) is 11.8 Å². The summed E-state index contributed by atoms with van der Waals surface area (Å²) >= 11 is 1.45. The van der Waals surface area contributed by atoms with Gasteiger partial charge in [-0.2, -0.15) is 10.2 Å². The van der Waals surface area contributed by atoms with Crippen LogP contribution in [-0.2, 0) is 17.1 Å². The van der Waals surface area contributed by atoms with Gasteiger partial charge in [0, 0.05) is 6.61 Å². The first kappa shape index (κ1) is 12.0. The summed E-state index contributed by atoms with van der Waals surface area (Å²) in [6.07, 6.45) is 0.975. The van der Waals surface area contributed by atoms with Crippen molar-refractivity contribution < 1.29 is 9.26 Å². The molecular weight excluding hydrogens is 214 g/mol. The fourth-order valence-corrected chi connectivity index (χ4v) is 1.38. The Bertz CT molecular complexity index is 321. The topological polar surface area (TPSA) is 71.9 Å². The van der Waals surface area contributed by atoms with E-state index in [2.05, 4.69) is 10.1 Å². The van der Waals surface area contributed by atoms with Crippen LogP contribution in [-0.4, -0.2) is 22.5 Å². The molecule has 0 atom stereocenters. The molecule has 0 aliphatic rings. The van der Waals surface area contributed by atoms with E-state index in [0.29, 0.717) is 36.4 Å². The van der Waals surface area contributed by atoms with Crippen LogP contribution in [0.4, 0.5) is 0 Å². The van der Waals surface area contributed by atoms with Crippen LogP contribution in [0.25, 0.3) is 0 Å². The molecule has 0 saturated heterocycles. The minimum atomic E-state index is 0.389. The molecule has 0 aromatic carbocycles. The fraction of sp³-hybridized carbons (Fsp3) is 0.667. The van der Waals surface area contributed by atoms with Gasteiger partial charge in [-0.1, -0.05) is 12.1 Å². The van der Waals surface area contributed by atoms with Crippen molar-refractivity contribution >= 4 is 11.8 Å². The smallest absolute Gasteiger partial charge is 0.236 e. The van der Waals surface area contributed by atoms with Gasteiger partial charge in [0.15, 0.2) is 5.82 Å². The Balaban J connectivity index is 2.26. The first-order chi connectivity index (χ1) is 7.36. The third-order valence-corrected chi connectivity index (χ3v) is 2.27. The largest absolute Gasteiger partial charge is 0.373 e. The van der Waals surface area contributed by atoms with Gasteiger partial charge in [-0.15, -0.1) is 11.8 Å². The normalized spacial score (nSPS) is 10.1. The molecule has 0 bridgehead atoms. The maximum atomic E-state index is 8.34. The fourth-order valence-electron chi connectivity index (χ4n) is 0.899. The van der Waals surface area contributed by atoms with Gasteiger partial charge < -0.3 is 9.26 Å². The SMILES string of the molecule is CCCOCc1noc(CSCC#N)n1. The Kier molecular flexibility index (Phi) is 5.81. The summed E-state index contributed by atoms with van der Waals surface area (Å²) in [5.41, 5.74) is 0. The molecule has 82 valence electrons. The Morgan fingerprint density at radius 1 is 1.60 bits per heavy atom. The van der Waals surface area contributed by atoms with Gasteiger partial charge in [0.1, 0.15) is 6.61 Å². The molecule has 1 aromatic heterocycles. The maximum absolute atomic E-state index is 8.34. The molecule has 0 saturated carbocycles. The third-order valence-electron chi connectivity index (χ3n) is 1.48. The van der Waals surface area contributed by atoms with Crippen molar-refractivity contribution in [3.63, 3.8) is 0 Å². The summed E-state index contributed by atoms with van der Waals surface area (Å²) in [6, 6.07) is 2.04. The highest BCUT2D eigenvalue weighted by Crippen LogP contribution is 2.09. The minimum Gasteiger partial charge on any atom is -0.373 e. The first-order valence-electron chi connectivity index (χ1n) is 4.70. The molecule has 0 N–H and O–H groups in total. The lowest BCUT2D eigenvalue weighted by atomic mass is 10.5. The lowest BCUT2D eigenvalue weighted by Crippen LogP contribution is -1.96. The second-order valence-electron chi connectivity index (χ2n) is 2.81. The summed E-state index contributed by atoms with van der Waals surface area (Å²) in [5, 5.41) is 12.1. The highest BCUT2D eigenvalue weighted by atomic mass is 32.2. The van der Waals surface area contributed by atoms with E-state index >= 15 is 0 Å². The van der Waals surface area contributed by atoms with Crippen molar-refractivity contribution in [3.8, 4) is 6.07 Å². The molecule has 1 heterocycles. The zero-order chi connectivity index (χ0) is 10.9. The summed E-state index contributed by atoms with van der Waals surface area (Å²) in [5.74, 6) is 2.12. The average molecular weight is 227 g/mol. The zero-order valence-electron chi connectivity index (χ0n) is 8.60. The van der Waals surface area contributed by atoms with Crippen LogP contribution in [0, 0.1) is 11.3 Å². The summed E-state index contributed by atoms with van der Waals surface area (Å²) < 4.78 is 10.2. The summed E-state index contributed by atoms with van der Waals surface area (Å²) in [4.78, 5) is 4.12. The molecule has 0 amide bonds. The van der Waals surface area contributed by atoms with E-state index < -0.39 is 0 Å². The number of aromatic nitrogens is 2. The molecule has 0 aliphatic heterocycles. The second-order valence-corrected chi connectivity index (χ2v) is 3.79. The first-order valence-corrected chi connectivity index (χ1v) is 5.86. The number of thioether (sulfide) groups is 1. The number of hydrogen-bond acceptors (Lipinski definition) is 6. The van der Waals surface area contributed by atoms with E-state index in [1.54, 1.807) is 0 Å². The van der Waals surface area contributed by atoms with E-state index in [0.717, 1.165) is 6.42 Å². The van der Waals surface area contributed by atoms with Gasteiger partial charge in [0.05, 0.1) is 17.6 Å². The van der Waals surface area contributed by atoms with Gasteiger partial charge in [-0.05, 0) is 6.42 Å². The maximum Gasteiger partial charge on any atom is 0.236 e. The molecule has 6 heteroatoms. The minimum absolute atomic E-state index is 0.389. The molecule has 0 spiro atoms. The number of nitrogens with zero attached hydrogens (tertiary/aromatic N) is 3. The van der Waals surface area contributed by atoms with Crippen LogP contribution in [0.15, 0.2) is 4.52 Å². The highest BCUT2D eigenvalue weighted by molar-refractivity contribution is 7.98. The monoisotopic (exact) mass is 227 g/mol. The molecule has 0 radical (unpaired) electrons. The molecule has 0 unspecified atom stereocenters. The Labute approximate surface area is 92.8 Å². The molecule has 0 aliphatic carbocycles. The summed E-state index contributed by atoms with van der Waals surface area (Å²) in [6.45, 7) is 3.13. The second kappa shape index (κ2) is 7.26. The molecule has 1 rings (SSSR count). The summed E-state index contributed by atoms with van der Waals surface area (Å²) in [7, 11) is 0. The lowest BCUT2D eigenvalue weighted by Gasteiger charge is -1.95. The van der Waals surface area contributed by atoms with Crippen LogP contribution in [0.1, 0.15) is 25.1 Å². The molecule has 15 heavy (non-hydrogen) atoms. The number of ether oxygens (including phenoxy) is 1. The van der Waals surface area contributed by atoms with E-state index in [1.807, 2.05) is 13.0 Å². The highest BCUT2D eigenvalue weighted by Gasteiger charge is 2.05. The number of nitriles is 1. The van der Waals surface area contributed by atoms with Crippen molar-refractivity contribution in [3.05, 3.63) is 11.7 Å². The Morgan fingerprint density at radius 2 is 2.47 bits per heavy atom. The van der Waals surface area contributed by atoms with Crippen molar-refractivity contribution in [1.82, 2.24) is 10.1 Å². The number of hydrogen-bond donors (Lipinski definition) is 0. The van der Waals surface area contributed by atoms with Crippen molar-refractivity contribution in [2.24, 2.45) is 0 Å². The van der Waals surface area contributed by atoms with Gasteiger partial charge in [0.25, 0.3) is 0 Å². The third kappa shape index (κ3) is 4.81. The standard InChI is InChI=1S/C9H13N3O2S/c1-2-4-13-6-8-11-9(14-12-8)7-15-5-3-10/h2,4-7H2,1H3. The van der Waals surface area contributed by atoms with Crippen molar-refractivity contribution in [2.45, 2.75) is 25.7 Å². The average Bonchev–Trinajstić information content (AvgIpc) is 2.67. The molecule has 1 aromatic rings. The molecule has 5 nitrogen and oxygen atoms in total. The van der Waals surface area contributed by atoms with E-state index in [-0.39, 0.29) is 0 Å². The van der Waals surface area contributed by atoms with E-state index in [9.17, 15) is 0 Å². The lowest BCUT2D eigenvalue weighted by molar-refractivity contribution is 0.114. The van der Waals surface area contributed by atoms with E-state index in [4.69, 9.17) is 14.5 Å². The number of rotatable bonds is 7. The van der Waals surface area contributed by atoms with Crippen LogP contribution >= 0.6 is 11.8 Å². The van der Waals surface area contributed by atoms with Gasteiger partial charge in [0.2, 0.25) is 5.89 Å². The van der Waals surface area contributed by atoms with Gasteiger partial charge in [-0.3, -0.25) is 0 Å². The van der Waals surface area contributed by atoms with Crippen LogP contribution in [0.2, 0.25) is 0 Å². The molecule has 0 fully saturated rings. The Morgan fingerprint density at radius 3 is 3.20 bits per heavy atom. The van der Waals surface area contributed by atoms with Gasteiger partial charge in [-0.25, -0.2) is 0 Å². The van der Waals surface area contributed by atoms with Crippen LogP contribution < -0.4 is 0 Å². The van der Waals surface area contributed by atoms with Crippen molar-refractivity contribution in [2.75, 3.05) is 12.4 Å². The van der Waals surface area contributed by atoms with Crippen LogP contribution in [0.3, 0.4) is 0 Å². The Hall–Kier alpha value is -1.06. The predicted molar refractivity (Wildman–Crippen MR) is 56.0 cm³/mol. The molecular formula is C9H13N3O2S. The quantitative estimate of drug-likeness (QED) is 0.661. The van der Waals surface area contributed by atoms with Crippen molar-refractivity contribution in [1.29, 1.82) is 5.26 Å². The zero-order valence-corrected chi connectivity index (χ0v) is 9.42. The predicted octanol–water partition coefficient (Wildman–Crippen LogP) is 1.75. The van der Waals surface area contributed by atoms with Crippen LogP contribution in [0.5, 0.6) is 0 Å².